The summed E-state index contributed by atoms with van der Waals surface area (Å²) in [5.41, 5.74) is 1.14. The van der Waals surface area contributed by atoms with Crippen LogP contribution in [0, 0.1) is 6.92 Å². The van der Waals surface area contributed by atoms with Crippen LogP contribution < -0.4 is 5.32 Å². The Balaban J connectivity index is 1.93. The van der Waals surface area contributed by atoms with E-state index in [0.29, 0.717) is 6.54 Å². The number of anilines is 1. The molecule has 0 saturated carbocycles. The number of hydrogen-bond donors (Lipinski definition) is 1. The van der Waals surface area contributed by atoms with Gasteiger partial charge in [-0.2, -0.15) is 5.10 Å². The summed E-state index contributed by atoms with van der Waals surface area (Å²) in [6, 6.07) is 1.87. The van der Waals surface area contributed by atoms with E-state index in [9.17, 15) is 0 Å². The van der Waals surface area contributed by atoms with Crippen molar-refractivity contribution in [3.8, 4) is 0 Å². The average Bonchev–Trinajstić information content (AvgIpc) is 2.83. The van der Waals surface area contributed by atoms with Gasteiger partial charge in [0.15, 0.2) is 5.82 Å². The molecule has 1 N–H and O–H groups in total. The summed E-state index contributed by atoms with van der Waals surface area (Å²) in [6.07, 6.45) is 3.86. The number of aromatic nitrogens is 3. The van der Waals surface area contributed by atoms with Crippen LogP contribution in [-0.2, 0) is 13.1 Å². The normalized spacial score (nSPS) is 10.5. The fraction of sp³-hybridized carbons (Fsp3) is 0.400. The molecule has 0 amide bonds. The lowest BCUT2D eigenvalue weighted by molar-refractivity contribution is 0.399. The van der Waals surface area contributed by atoms with Gasteiger partial charge in [0.1, 0.15) is 5.76 Å². The predicted octanol–water partition coefficient (Wildman–Crippen LogP) is 1.81. The molecule has 0 unspecified atom stereocenters. The molecule has 80 valence electrons. The number of nitrogens with zero attached hydrogens (tertiary/aromatic N) is 3. The van der Waals surface area contributed by atoms with Gasteiger partial charge >= 0.3 is 0 Å². The van der Waals surface area contributed by atoms with Crippen LogP contribution >= 0.6 is 0 Å². The number of aryl methyl sites for hydroxylation is 2. The van der Waals surface area contributed by atoms with Crippen molar-refractivity contribution in [3.05, 3.63) is 29.8 Å². The number of hydrogen-bond acceptors (Lipinski definition) is 4. The molecule has 0 bridgehead atoms. The van der Waals surface area contributed by atoms with E-state index in [4.69, 9.17) is 4.52 Å². The second kappa shape index (κ2) is 4.16. The van der Waals surface area contributed by atoms with E-state index in [1.807, 2.05) is 30.1 Å². The van der Waals surface area contributed by atoms with Crippen LogP contribution in [-0.4, -0.2) is 14.9 Å². The summed E-state index contributed by atoms with van der Waals surface area (Å²) >= 11 is 0. The Labute approximate surface area is 88.1 Å². The van der Waals surface area contributed by atoms with Gasteiger partial charge in [0, 0.05) is 30.9 Å². The highest BCUT2D eigenvalue weighted by molar-refractivity contribution is 5.34. The molecule has 0 aliphatic heterocycles. The van der Waals surface area contributed by atoms with Gasteiger partial charge in [-0.05, 0) is 13.8 Å². The van der Waals surface area contributed by atoms with E-state index in [-0.39, 0.29) is 0 Å². The third-order valence-electron chi connectivity index (χ3n) is 2.11. The molecule has 0 saturated heterocycles. The third kappa shape index (κ3) is 2.37. The average molecular weight is 206 g/mol. The second-order valence-electron chi connectivity index (χ2n) is 3.38. The van der Waals surface area contributed by atoms with Crippen LogP contribution in [0.1, 0.15) is 18.2 Å². The van der Waals surface area contributed by atoms with Crippen LogP contribution in [0.25, 0.3) is 0 Å². The van der Waals surface area contributed by atoms with Crippen molar-refractivity contribution >= 4 is 5.82 Å². The quantitative estimate of drug-likeness (QED) is 0.828. The Kier molecular flexibility index (Phi) is 2.71. The van der Waals surface area contributed by atoms with Crippen LogP contribution in [0.5, 0.6) is 0 Å². The first-order chi connectivity index (χ1) is 7.28. The molecule has 0 fully saturated rings. The Morgan fingerprint density at radius 1 is 1.53 bits per heavy atom. The summed E-state index contributed by atoms with van der Waals surface area (Å²) in [5, 5.41) is 11.2. The van der Waals surface area contributed by atoms with Gasteiger partial charge < -0.3 is 9.84 Å². The summed E-state index contributed by atoms with van der Waals surface area (Å²) in [5.74, 6) is 1.57. The van der Waals surface area contributed by atoms with Gasteiger partial charge in [0.05, 0.1) is 6.20 Å². The van der Waals surface area contributed by atoms with Gasteiger partial charge in [-0.15, -0.1) is 0 Å². The molecule has 2 heterocycles. The fourth-order valence-electron chi connectivity index (χ4n) is 1.31. The standard InChI is InChI=1S/C10H14N4O/c1-3-14-7-9(6-12-14)5-11-10-4-8(2)15-13-10/h4,6-7H,3,5H2,1-2H3,(H,11,13). The van der Waals surface area contributed by atoms with E-state index < -0.39 is 0 Å². The zero-order valence-electron chi connectivity index (χ0n) is 8.90. The topological polar surface area (TPSA) is 55.9 Å². The Hall–Kier alpha value is -1.78. The van der Waals surface area contributed by atoms with Gasteiger partial charge in [-0.25, -0.2) is 0 Å². The largest absolute Gasteiger partial charge is 0.363 e. The van der Waals surface area contributed by atoms with Crippen LogP contribution in [0.4, 0.5) is 5.82 Å². The molecule has 0 aromatic carbocycles. The van der Waals surface area contributed by atoms with Crippen LogP contribution in [0.3, 0.4) is 0 Å². The molecule has 5 nitrogen and oxygen atoms in total. The molecule has 0 aliphatic carbocycles. The molecular weight excluding hydrogens is 192 g/mol. The minimum Gasteiger partial charge on any atom is -0.363 e. The van der Waals surface area contributed by atoms with E-state index in [1.54, 1.807) is 0 Å². The van der Waals surface area contributed by atoms with E-state index in [1.165, 1.54) is 0 Å². The van der Waals surface area contributed by atoms with Crippen LogP contribution in [0.2, 0.25) is 0 Å². The number of rotatable bonds is 4. The monoisotopic (exact) mass is 206 g/mol. The summed E-state index contributed by atoms with van der Waals surface area (Å²) in [6.45, 7) is 5.54. The maximum Gasteiger partial charge on any atom is 0.169 e. The maximum absolute atomic E-state index is 4.95. The Bertz CT molecular complexity index is 432. The van der Waals surface area contributed by atoms with E-state index in [2.05, 4.69) is 22.5 Å². The molecule has 2 rings (SSSR count). The highest BCUT2D eigenvalue weighted by Crippen LogP contribution is 2.08. The molecule has 2 aromatic rings. The lowest BCUT2D eigenvalue weighted by Crippen LogP contribution is -1.98. The lowest BCUT2D eigenvalue weighted by atomic mass is 10.3. The first kappa shape index (κ1) is 9.76. The molecule has 2 aromatic heterocycles. The minimum absolute atomic E-state index is 0.714. The van der Waals surface area contributed by atoms with Gasteiger partial charge in [0.25, 0.3) is 0 Å². The third-order valence-corrected chi connectivity index (χ3v) is 2.11. The smallest absolute Gasteiger partial charge is 0.169 e. The van der Waals surface area contributed by atoms with Crippen molar-refractivity contribution < 1.29 is 4.52 Å². The first-order valence-electron chi connectivity index (χ1n) is 4.96. The van der Waals surface area contributed by atoms with E-state index >= 15 is 0 Å². The fourth-order valence-corrected chi connectivity index (χ4v) is 1.31. The SMILES string of the molecule is CCn1cc(CNc2cc(C)on2)cn1. The zero-order valence-corrected chi connectivity index (χ0v) is 8.90. The minimum atomic E-state index is 0.714. The zero-order chi connectivity index (χ0) is 10.7. The van der Waals surface area contributed by atoms with E-state index in [0.717, 1.165) is 23.7 Å². The highest BCUT2D eigenvalue weighted by Gasteiger charge is 2.00. The first-order valence-corrected chi connectivity index (χ1v) is 4.96. The molecule has 0 radical (unpaired) electrons. The Morgan fingerprint density at radius 3 is 3.00 bits per heavy atom. The van der Waals surface area contributed by atoms with Crippen molar-refractivity contribution in [2.45, 2.75) is 26.9 Å². The summed E-state index contributed by atoms with van der Waals surface area (Å²) in [7, 11) is 0. The number of nitrogens with one attached hydrogen (secondary N) is 1. The summed E-state index contributed by atoms with van der Waals surface area (Å²) in [4.78, 5) is 0. The molecule has 0 aliphatic rings. The predicted molar refractivity (Wildman–Crippen MR) is 56.5 cm³/mol. The molecular formula is C10H14N4O. The molecule has 0 spiro atoms. The van der Waals surface area contributed by atoms with Crippen molar-refractivity contribution in [2.75, 3.05) is 5.32 Å². The lowest BCUT2D eigenvalue weighted by Gasteiger charge is -1.97. The van der Waals surface area contributed by atoms with Crippen molar-refractivity contribution in [3.63, 3.8) is 0 Å². The van der Waals surface area contributed by atoms with Crippen molar-refractivity contribution in [1.29, 1.82) is 0 Å². The molecule has 5 heteroatoms. The van der Waals surface area contributed by atoms with Crippen LogP contribution in [0.15, 0.2) is 23.0 Å². The second-order valence-corrected chi connectivity index (χ2v) is 3.38. The van der Waals surface area contributed by atoms with Gasteiger partial charge in [-0.1, -0.05) is 5.16 Å². The van der Waals surface area contributed by atoms with Gasteiger partial charge in [0.2, 0.25) is 0 Å². The Morgan fingerprint density at radius 2 is 2.40 bits per heavy atom. The van der Waals surface area contributed by atoms with Crippen molar-refractivity contribution in [2.24, 2.45) is 0 Å². The highest BCUT2D eigenvalue weighted by atomic mass is 16.5. The van der Waals surface area contributed by atoms with Crippen molar-refractivity contribution in [1.82, 2.24) is 14.9 Å². The summed E-state index contributed by atoms with van der Waals surface area (Å²) < 4.78 is 6.84. The van der Waals surface area contributed by atoms with Gasteiger partial charge in [-0.3, -0.25) is 4.68 Å². The molecule has 0 atom stereocenters. The molecule has 15 heavy (non-hydrogen) atoms. The maximum atomic E-state index is 4.95.